The van der Waals surface area contributed by atoms with Gasteiger partial charge in [0.25, 0.3) is 5.91 Å². The first-order valence-corrected chi connectivity index (χ1v) is 6.82. The van der Waals surface area contributed by atoms with Gasteiger partial charge >= 0.3 is 0 Å². The zero-order valence-electron chi connectivity index (χ0n) is 12.1. The van der Waals surface area contributed by atoms with E-state index in [1.165, 1.54) is 5.56 Å². The van der Waals surface area contributed by atoms with Gasteiger partial charge in [-0.1, -0.05) is 29.8 Å². The molecule has 0 fully saturated rings. The third kappa shape index (κ3) is 2.60. The fourth-order valence-electron chi connectivity index (χ4n) is 2.40. The van der Waals surface area contributed by atoms with Crippen molar-refractivity contribution in [3.05, 3.63) is 65.9 Å². The summed E-state index contributed by atoms with van der Waals surface area (Å²) in [6.07, 6.45) is 0. The minimum Gasteiger partial charge on any atom is -0.340 e. The summed E-state index contributed by atoms with van der Waals surface area (Å²) < 4.78 is 1.90. The Morgan fingerprint density at radius 2 is 1.81 bits per heavy atom. The number of benzene rings is 2. The third-order valence-corrected chi connectivity index (χ3v) is 3.52. The molecule has 0 spiro atoms. The average Bonchev–Trinajstić information content (AvgIpc) is 2.82. The lowest BCUT2D eigenvalue weighted by Crippen LogP contribution is -2.30. The van der Waals surface area contributed by atoms with Crippen LogP contribution in [0.25, 0.3) is 10.9 Å². The maximum Gasteiger partial charge on any atom is 0.286 e. The third-order valence-electron chi connectivity index (χ3n) is 3.52. The lowest BCUT2D eigenvalue weighted by atomic mass is 10.2. The number of rotatable bonds is 3. The standard InChI is InChI=1S/C17H17N3O/c1-12-8-9-15-13(10-12)11-16(20(15)2)17(21)19-18-14-6-4-3-5-7-14/h3-11,18H,1-2H3,(H,19,21). The zero-order chi connectivity index (χ0) is 14.8. The van der Waals surface area contributed by atoms with Crippen LogP contribution in [0.5, 0.6) is 0 Å². The summed E-state index contributed by atoms with van der Waals surface area (Å²) in [5.74, 6) is -0.157. The molecule has 0 aliphatic heterocycles. The number of hydrogen-bond acceptors (Lipinski definition) is 2. The van der Waals surface area contributed by atoms with Crippen LogP contribution in [0.2, 0.25) is 0 Å². The zero-order valence-corrected chi connectivity index (χ0v) is 12.1. The Morgan fingerprint density at radius 3 is 2.57 bits per heavy atom. The Kier molecular flexibility index (Phi) is 3.36. The first-order valence-electron chi connectivity index (χ1n) is 6.82. The first kappa shape index (κ1) is 13.2. The molecule has 21 heavy (non-hydrogen) atoms. The van der Waals surface area contributed by atoms with Gasteiger partial charge in [-0.05, 0) is 37.3 Å². The molecule has 0 radical (unpaired) electrons. The van der Waals surface area contributed by atoms with Crippen molar-refractivity contribution in [2.45, 2.75) is 6.92 Å². The summed E-state index contributed by atoms with van der Waals surface area (Å²) in [4.78, 5) is 12.3. The Bertz CT molecular complexity index is 790. The van der Waals surface area contributed by atoms with Crippen LogP contribution in [0.15, 0.2) is 54.6 Å². The van der Waals surface area contributed by atoms with Crippen molar-refractivity contribution in [2.24, 2.45) is 7.05 Å². The molecule has 0 aliphatic rings. The van der Waals surface area contributed by atoms with Crippen LogP contribution in [0.3, 0.4) is 0 Å². The fraction of sp³-hybridized carbons (Fsp3) is 0.118. The molecular weight excluding hydrogens is 262 g/mol. The largest absolute Gasteiger partial charge is 0.340 e. The Balaban J connectivity index is 1.83. The van der Waals surface area contributed by atoms with Crippen LogP contribution < -0.4 is 10.9 Å². The van der Waals surface area contributed by atoms with Crippen LogP contribution in [-0.2, 0) is 7.05 Å². The molecule has 1 amide bonds. The molecule has 0 unspecified atom stereocenters. The quantitative estimate of drug-likeness (QED) is 0.723. The average molecular weight is 279 g/mol. The Labute approximate surface area is 123 Å². The summed E-state index contributed by atoms with van der Waals surface area (Å²) >= 11 is 0. The second-order valence-corrected chi connectivity index (χ2v) is 5.10. The van der Waals surface area contributed by atoms with E-state index >= 15 is 0 Å². The van der Waals surface area contributed by atoms with Gasteiger partial charge in [0.2, 0.25) is 0 Å². The lowest BCUT2D eigenvalue weighted by molar-refractivity contribution is 0.0955. The minimum atomic E-state index is -0.157. The molecule has 0 bridgehead atoms. The molecule has 2 N–H and O–H groups in total. The van der Waals surface area contributed by atoms with E-state index in [0.29, 0.717) is 5.69 Å². The molecule has 0 saturated carbocycles. The van der Waals surface area contributed by atoms with Crippen molar-refractivity contribution >= 4 is 22.5 Å². The van der Waals surface area contributed by atoms with Crippen LogP contribution in [-0.4, -0.2) is 10.5 Å². The van der Waals surface area contributed by atoms with E-state index in [4.69, 9.17) is 0 Å². The molecule has 2 aromatic carbocycles. The molecule has 0 saturated heterocycles. The lowest BCUT2D eigenvalue weighted by Gasteiger charge is -2.09. The summed E-state index contributed by atoms with van der Waals surface area (Å²) in [6, 6.07) is 17.6. The molecule has 1 heterocycles. The second kappa shape index (κ2) is 5.32. The first-order chi connectivity index (χ1) is 10.1. The van der Waals surface area contributed by atoms with Gasteiger partial charge in [0.1, 0.15) is 5.69 Å². The minimum absolute atomic E-state index is 0.157. The highest BCUT2D eigenvalue weighted by Crippen LogP contribution is 2.20. The number of para-hydroxylation sites is 1. The normalized spacial score (nSPS) is 10.6. The van der Waals surface area contributed by atoms with Crippen molar-refractivity contribution in [3.63, 3.8) is 0 Å². The van der Waals surface area contributed by atoms with Gasteiger partial charge in [-0.25, -0.2) is 0 Å². The van der Waals surface area contributed by atoms with E-state index in [1.807, 2.05) is 67.1 Å². The fourth-order valence-corrected chi connectivity index (χ4v) is 2.40. The second-order valence-electron chi connectivity index (χ2n) is 5.10. The summed E-state index contributed by atoms with van der Waals surface area (Å²) in [6.45, 7) is 2.04. The molecule has 0 aliphatic carbocycles. The van der Waals surface area contributed by atoms with Gasteiger partial charge < -0.3 is 4.57 Å². The van der Waals surface area contributed by atoms with Crippen molar-refractivity contribution in [1.82, 2.24) is 9.99 Å². The van der Waals surface area contributed by atoms with Crippen molar-refractivity contribution in [1.29, 1.82) is 0 Å². The van der Waals surface area contributed by atoms with E-state index < -0.39 is 0 Å². The number of anilines is 1. The SMILES string of the molecule is Cc1ccc2c(c1)cc(C(=O)NNc1ccccc1)n2C. The molecular formula is C17H17N3O. The highest BCUT2D eigenvalue weighted by atomic mass is 16.2. The van der Waals surface area contributed by atoms with E-state index in [-0.39, 0.29) is 5.91 Å². The predicted molar refractivity (Wildman–Crippen MR) is 85.2 cm³/mol. The summed E-state index contributed by atoms with van der Waals surface area (Å²) in [7, 11) is 1.90. The van der Waals surface area contributed by atoms with Gasteiger partial charge in [0, 0.05) is 18.0 Å². The molecule has 4 nitrogen and oxygen atoms in total. The topological polar surface area (TPSA) is 46.1 Å². The van der Waals surface area contributed by atoms with Gasteiger partial charge in [0.05, 0.1) is 5.69 Å². The van der Waals surface area contributed by atoms with E-state index in [1.54, 1.807) is 0 Å². The number of carbonyl (C=O) groups is 1. The maximum absolute atomic E-state index is 12.3. The number of carbonyl (C=O) groups excluding carboxylic acids is 1. The van der Waals surface area contributed by atoms with E-state index in [2.05, 4.69) is 16.9 Å². The number of aromatic nitrogens is 1. The number of fused-ring (bicyclic) bond motifs is 1. The van der Waals surface area contributed by atoms with Crippen LogP contribution in [0.4, 0.5) is 5.69 Å². The monoisotopic (exact) mass is 279 g/mol. The summed E-state index contributed by atoms with van der Waals surface area (Å²) in [5.41, 5.74) is 9.34. The number of nitrogens with zero attached hydrogens (tertiary/aromatic N) is 1. The van der Waals surface area contributed by atoms with Gasteiger partial charge in [0.15, 0.2) is 0 Å². The van der Waals surface area contributed by atoms with Gasteiger partial charge in [-0.3, -0.25) is 15.6 Å². The molecule has 3 rings (SSSR count). The molecule has 0 atom stereocenters. The van der Waals surface area contributed by atoms with Crippen molar-refractivity contribution in [3.8, 4) is 0 Å². The number of nitrogens with one attached hydrogen (secondary N) is 2. The van der Waals surface area contributed by atoms with Gasteiger partial charge in [-0.2, -0.15) is 0 Å². The van der Waals surface area contributed by atoms with Crippen LogP contribution >= 0.6 is 0 Å². The Morgan fingerprint density at radius 1 is 1.05 bits per heavy atom. The molecule has 1 aromatic heterocycles. The number of aryl methyl sites for hydroxylation is 2. The van der Waals surface area contributed by atoms with E-state index in [9.17, 15) is 4.79 Å². The van der Waals surface area contributed by atoms with Crippen LogP contribution in [0, 0.1) is 6.92 Å². The van der Waals surface area contributed by atoms with Crippen molar-refractivity contribution < 1.29 is 4.79 Å². The van der Waals surface area contributed by atoms with E-state index in [0.717, 1.165) is 16.6 Å². The molecule has 4 heteroatoms. The van der Waals surface area contributed by atoms with Crippen LogP contribution in [0.1, 0.15) is 16.1 Å². The Hall–Kier alpha value is -2.75. The number of hydrogen-bond donors (Lipinski definition) is 2. The summed E-state index contributed by atoms with van der Waals surface area (Å²) in [5, 5.41) is 1.07. The highest BCUT2D eigenvalue weighted by Gasteiger charge is 2.12. The number of amides is 1. The molecule has 106 valence electrons. The van der Waals surface area contributed by atoms with Crippen molar-refractivity contribution in [2.75, 3.05) is 5.43 Å². The maximum atomic E-state index is 12.3. The number of hydrazine groups is 1. The predicted octanol–water partition coefficient (Wildman–Crippen LogP) is 3.24. The molecule has 3 aromatic rings. The smallest absolute Gasteiger partial charge is 0.286 e. The van der Waals surface area contributed by atoms with Gasteiger partial charge in [-0.15, -0.1) is 0 Å². The highest BCUT2D eigenvalue weighted by molar-refractivity contribution is 5.99.